The van der Waals surface area contributed by atoms with Crippen molar-refractivity contribution < 1.29 is 28.9 Å². The van der Waals surface area contributed by atoms with E-state index in [0.29, 0.717) is 35.1 Å². The number of aliphatic hydroxyl groups is 1. The molecular formula is C28H27NO6. The zero-order chi connectivity index (χ0) is 25.1. The number of rotatable bonds is 7. The molecule has 3 aromatic carbocycles. The van der Waals surface area contributed by atoms with Crippen LogP contribution in [0.5, 0.6) is 17.2 Å². The first-order valence-corrected chi connectivity index (χ1v) is 11.2. The second-order valence-corrected chi connectivity index (χ2v) is 8.08. The number of hydrogen-bond acceptors (Lipinski definition) is 6. The van der Waals surface area contributed by atoms with Gasteiger partial charge < -0.3 is 19.3 Å². The molecule has 0 radical (unpaired) electrons. The molecule has 7 heteroatoms. The van der Waals surface area contributed by atoms with Crippen molar-refractivity contribution in [1.29, 1.82) is 0 Å². The maximum atomic E-state index is 13.4. The van der Waals surface area contributed by atoms with Crippen LogP contribution in [-0.4, -0.2) is 37.6 Å². The maximum absolute atomic E-state index is 13.4. The summed E-state index contributed by atoms with van der Waals surface area (Å²) >= 11 is 0. The molecule has 1 aliphatic rings. The van der Waals surface area contributed by atoms with Crippen LogP contribution >= 0.6 is 0 Å². The minimum atomic E-state index is -0.848. The largest absolute Gasteiger partial charge is 0.507 e. The quantitative estimate of drug-likeness (QED) is 0.294. The molecule has 1 saturated heterocycles. The molecule has 0 saturated carbocycles. The summed E-state index contributed by atoms with van der Waals surface area (Å²) in [5.74, 6) is -0.308. The lowest BCUT2D eigenvalue weighted by molar-refractivity contribution is -0.132. The fraction of sp³-hybridized carbons (Fsp3) is 0.214. The number of amides is 1. The molecular weight excluding hydrogens is 446 g/mol. The minimum absolute atomic E-state index is 0.0240. The van der Waals surface area contributed by atoms with Crippen molar-refractivity contribution in [3.63, 3.8) is 0 Å². The van der Waals surface area contributed by atoms with Gasteiger partial charge in [0, 0.05) is 11.8 Å². The molecule has 1 atom stereocenters. The molecule has 0 aliphatic carbocycles. The van der Waals surface area contributed by atoms with Gasteiger partial charge in [-0.25, -0.2) is 0 Å². The van der Waals surface area contributed by atoms with Crippen LogP contribution < -0.4 is 19.1 Å². The van der Waals surface area contributed by atoms with Gasteiger partial charge in [0.1, 0.15) is 23.0 Å². The van der Waals surface area contributed by atoms with Gasteiger partial charge in [0.2, 0.25) is 0 Å². The van der Waals surface area contributed by atoms with E-state index in [1.807, 2.05) is 32.0 Å². The topological polar surface area (TPSA) is 85.3 Å². The number of benzene rings is 3. The van der Waals surface area contributed by atoms with Gasteiger partial charge in [0.15, 0.2) is 0 Å². The molecule has 1 N–H and O–H groups in total. The van der Waals surface area contributed by atoms with Gasteiger partial charge in [0.25, 0.3) is 11.7 Å². The molecule has 1 heterocycles. The van der Waals surface area contributed by atoms with Gasteiger partial charge in [0.05, 0.1) is 38.0 Å². The van der Waals surface area contributed by atoms with Crippen LogP contribution in [0.1, 0.15) is 29.7 Å². The highest BCUT2D eigenvalue weighted by atomic mass is 16.5. The highest BCUT2D eigenvalue weighted by molar-refractivity contribution is 6.51. The fourth-order valence-corrected chi connectivity index (χ4v) is 4.24. The molecule has 1 aliphatic heterocycles. The highest BCUT2D eigenvalue weighted by Crippen LogP contribution is 2.44. The van der Waals surface area contributed by atoms with E-state index in [-0.39, 0.29) is 16.9 Å². The van der Waals surface area contributed by atoms with Crippen LogP contribution in [0.3, 0.4) is 0 Å². The Hall–Kier alpha value is -4.26. The normalized spacial score (nSPS) is 16.9. The van der Waals surface area contributed by atoms with Crippen molar-refractivity contribution in [2.75, 3.05) is 25.7 Å². The van der Waals surface area contributed by atoms with Gasteiger partial charge in [-0.05, 0) is 61.4 Å². The summed E-state index contributed by atoms with van der Waals surface area (Å²) in [6.45, 7) is 4.31. The Bertz CT molecular complexity index is 1300. The third-order valence-electron chi connectivity index (χ3n) is 5.89. The smallest absolute Gasteiger partial charge is 0.300 e. The predicted molar refractivity (Wildman–Crippen MR) is 133 cm³/mol. The summed E-state index contributed by atoms with van der Waals surface area (Å²) in [7, 11) is 2.98. The monoisotopic (exact) mass is 473 g/mol. The first-order valence-electron chi connectivity index (χ1n) is 11.2. The van der Waals surface area contributed by atoms with Crippen molar-refractivity contribution in [2.24, 2.45) is 0 Å². The number of carbonyl (C=O) groups excluding carboxylic acids is 2. The fourth-order valence-electron chi connectivity index (χ4n) is 4.24. The summed E-state index contributed by atoms with van der Waals surface area (Å²) in [4.78, 5) is 28.1. The SMILES string of the molecule is CCOc1ccc(C2/C(=C(/O)c3ccc(OC)cc3OC)C(=O)C(=O)N2c2cccc(C)c2)cc1. The van der Waals surface area contributed by atoms with Crippen molar-refractivity contribution in [3.8, 4) is 17.2 Å². The van der Waals surface area contributed by atoms with E-state index in [4.69, 9.17) is 14.2 Å². The Morgan fingerprint density at radius 1 is 0.943 bits per heavy atom. The van der Waals surface area contributed by atoms with Crippen LogP contribution in [0.2, 0.25) is 0 Å². The number of Topliss-reactive ketones (excluding diaryl/α,β-unsaturated/α-hetero) is 1. The van der Waals surface area contributed by atoms with Crippen LogP contribution in [0.25, 0.3) is 5.76 Å². The standard InChI is InChI=1S/C28H27NO6/c1-5-35-20-11-9-18(10-12-20)25-24(26(30)22-14-13-21(33-3)16-23(22)34-4)27(31)28(32)29(25)19-8-6-7-17(2)15-19/h6-16,25,30H,5H2,1-4H3/b26-24-. The Morgan fingerprint density at radius 2 is 1.66 bits per heavy atom. The van der Waals surface area contributed by atoms with E-state index in [1.165, 1.54) is 19.1 Å². The lowest BCUT2D eigenvalue weighted by atomic mass is 9.94. The number of ether oxygens (including phenoxy) is 3. The van der Waals surface area contributed by atoms with E-state index in [9.17, 15) is 14.7 Å². The summed E-state index contributed by atoms with van der Waals surface area (Å²) in [5.41, 5.74) is 2.41. The number of carbonyl (C=O) groups is 2. The average molecular weight is 474 g/mol. The van der Waals surface area contributed by atoms with Crippen molar-refractivity contribution in [1.82, 2.24) is 0 Å². The highest BCUT2D eigenvalue weighted by Gasteiger charge is 2.47. The van der Waals surface area contributed by atoms with Gasteiger partial charge in [-0.1, -0.05) is 24.3 Å². The Morgan fingerprint density at radius 3 is 2.29 bits per heavy atom. The number of ketones is 1. The van der Waals surface area contributed by atoms with Crippen LogP contribution in [0, 0.1) is 6.92 Å². The van der Waals surface area contributed by atoms with E-state index >= 15 is 0 Å². The molecule has 1 fully saturated rings. The van der Waals surface area contributed by atoms with Crippen molar-refractivity contribution in [3.05, 3.63) is 89.0 Å². The summed E-state index contributed by atoms with van der Waals surface area (Å²) in [6, 6.07) is 18.5. The second kappa shape index (κ2) is 9.93. The average Bonchev–Trinajstić information content (AvgIpc) is 3.14. The molecule has 0 aromatic heterocycles. The van der Waals surface area contributed by atoms with Crippen molar-refractivity contribution in [2.45, 2.75) is 19.9 Å². The molecule has 1 amide bonds. The Labute approximate surface area is 204 Å². The van der Waals surface area contributed by atoms with Crippen molar-refractivity contribution >= 4 is 23.1 Å². The third kappa shape index (κ3) is 4.45. The lowest BCUT2D eigenvalue weighted by Crippen LogP contribution is -2.29. The van der Waals surface area contributed by atoms with Crippen LogP contribution in [-0.2, 0) is 9.59 Å². The molecule has 0 spiro atoms. The summed E-state index contributed by atoms with van der Waals surface area (Å²) in [6.07, 6.45) is 0. The number of aliphatic hydroxyl groups excluding tert-OH is 1. The molecule has 7 nitrogen and oxygen atoms in total. The van der Waals surface area contributed by atoms with Gasteiger partial charge in [-0.2, -0.15) is 0 Å². The molecule has 180 valence electrons. The zero-order valence-electron chi connectivity index (χ0n) is 20.1. The van der Waals surface area contributed by atoms with Gasteiger partial charge in [-0.3, -0.25) is 14.5 Å². The summed E-state index contributed by atoms with van der Waals surface area (Å²) in [5, 5.41) is 11.4. The number of nitrogens with zero attached hydrogens (tertiary/aromatic N) is 1. The minimum Gasteiger partial charge on any atom is -0.507 e. The van der Waals surface area contributed by atoms with E-state index in [2.05, 4.69) is 0 Å². The van der Waals surface area contributed by atoms with E-state index < -0.39 is 17.7 Å². The Kier molecular flexibility index (Phi) is 6.78. The van der Waals surface area contributed by atoms with Gasteiger partial charge in [-0.15, -0.1) is 0 Å². The van der Waals surface area contributed by atoms with Crippen LogP contribution in [0.15, 0.2) is 72.3 Å². The lowest BCUT2D eigenvalue weighted by Gasteiger charge is -2.26. The van der Waals surface area contributed by atoms with E-state index in [1.54, 1.807) is 48.5 Å². The number of anilines is 1. The molecule has 35 heavy (non-hydrogen) atoms. The molecule has 0 bridgehead atoms. The zero-order valence-corrected chi connectivity index (χ0v) is 20.1. The number of aryl methyl sites for hydroxylation is 1. The first-order chi connectivity index (χ1) is 16.9. The molecule has 1 unspecified atom stereocenters. The summed E-state index contributed by atoms with van der Waals surface area (Å²) < 4.78 is 16.2. The number of methoxy groups -OCH3 is 2. The molecule has 3 aromatic rings. The maximum Gasteiger partial charge on any atom is 0.300 e. The Balaban J connectivity index is 1.94. The number of hydrogen-bond donors (Lipinski definition) is 1. The second-order valence-electron chi connectivity index (χ2n) is 8.08. The molecule has 4 rings (SSSR count). The predicted octanol–water partition coefficient (Wildman–Crippen LogP) is 5.04. The van der Waals surface area contributed by atoms with Crippen LogP contribution in [0.4, 0.5) is 5.69 Å². The first kappa shape index (κ1) is 23.9. The third-order valence-corrected chi connectivity index (χ3v) is 5.89. The van der Waals surface area contributed by atoms with Gasteiger partial charge >= 0.3 is 0 Å². The van der Waals surface area contributed by atoms with E-state index in [0.717, 1.165) is 5.56 Å².